The molecule has 3 amide bonds. The van der Waals surface area contributed by atoms with Crippen LogP contribution in [0.2, 0.25) is 10.0 Å². The molecule has 4 aromatic carbocycles. The first kappa shape index (κ1) is 34.3. The van der Waals surface area contributed by atoms with Gasteiger partial charge in [0.15, 0.2) is 5.78 Å². The van der Waals surface area contributed by atoms with Crippen LogP contribution in [0.3, 0.4) is 0 Å². The van der Waals surface area contributed by atoms with Gasteiger partial charge in [0.1, 0.15) is 18.0 Å². The fourth-order valence-corrected chi connectivity index (χ4v) is 7.18. The van der Waals surface area contributed by atoms with E-state index < -0.39 is 36.0 Å². The number of halogens is 6. The van der Waals surface area contributed by atoms with E-state index in [1.54, 1.807) is 18.2 Å². The summed E-state index contributed by atoms with van der Waals surface area (Å²) in [6.07, 6.45) is 0. The van der Waals surface area contributed by atoms with Crippen molar-refractivity contribution < 1.29 is 33.4 Å². The number of rotatable bonds is 8. The Morgan fingerprint density at radius 2 is 1.30 bits per heavy atom. The van der Waals surface area contributed by atoms with Crippen LogP contribution in [-0.4, -0.2) is 53.1 Å². The molecule has 0 saturated heterocycles. The highest BCUT2D eigenvalue weighted by atomic mass is 79.9. The number of carbonyl (C=O) groups excluding carboxylic acids is 5. The van der Waals surface area contributed by atoms with Gasteiger partial charge in [-0.05, 0) is 124 Å². The Morgan fingerprint density at radius 3 is 1.87 bits per heavy atom. The number of methoxy groups -OCH3 is 1. The van der Waals surface area contributed by atoms with Crippen LogP contribution in [0.5, 0.6) is 11.5 Å². The van der Waals surface area contributed by atoms with Gasteiger partial charge in [-0.15, -0.1) is 0 Å². The van der Waals surface area contributed by atoms with Gasteiger partial charge in [0.2, 0.25) is 0 Å². The molecule has 1 heterocycles. The van der Waals surface area contributed by atoms with Crippen LogP contribution in [0.15, 0.2) is 84.6 Å². The Morgan fingerprint density at radius 1 is 0.717 bits per heavy atom. The molecule has 0 radical (unpaired) electrons. The van der Waals surface area contributed by atoms with Gasteiger partial charge < -0.3 is 9.47 Å². The van der Waals surface area contributed by atoms with Gasteiger partial charge in [-0.2, -0.15) is 5.01 Å². The number of carbonyl (C=O) groups is 5. The highest BCUT2D eigenvalue weighted by Gasteiger charge is 2.46. The summed E-state index contributed by atoms with van der Waals surface area (Å²) in [5, 5.41) is 1.60. The summed E-state index contributed by atoms with van der Waals surface area (Å²) in [5.41, 5.74) is 0.299. The lowest BCUT2D eigenvalue weighted by molar-refractivity contribution is 0.00526. The molecule has 0 N–H and O–H groups in total. The summed E-state index contributed by atoms with van der Waals surface area (Å²) < 4.78 is 12.0. The van der Waals surface area contributed by atoms with Gasteiger partial charge in [0, 0.05) is 29.0 Å². The minimum atomic E-state index is -0.865. The molecular weight excluding hydrogens is 903 g/mol. The molecule has 234 valence electrons. The average Bonchev–Trinajstić information content (AvgIpc) is 3.31. The van der Waals surface area contributed by atoms with Crippen molar-refractivity contribution in [3.63, 3.8) is 0 Å². The first-order chi connectivity index (χ1) is 21.8. The van der Waals surface area contributed by atoms with E-state index in [2.05, 4.69) is 63.7 Å². The molecule has 9 nitrogen and oxygen atoms in total. The van der Waals surface area contributed by atoms with Crippen molar-refractivity contribution in [1.82, 2.24) is 10.0 Å². The monoisotopic (exact) mass is 914 g/mol. The maximum atomic E-state index is 13.9. The van der Waals surface area contributed by atoms with E-state index >= 15 is 0 Å². The van der Waals surface area contributed by atoms with Crippen molar-refractivity contribution in [3.05, 3.63) is 122 Å². The van der Waals surface area contributed by atoms with E-state index in [0.717, 1.165) is 5.01 Å². The summed E-state index contributed by atoms with van der Waals surface area (Å²) in [4.78, 5) is 67.6. The predicted molar refractivity (Wildman–Crippen MR) is 184 cm³/mol. The van der Waals surface area contributed by atoms with Crippen molar-refractivity contribution in [3.8, 4) is 11.5 Å². The Kier molecular flexibility index (Phi) is 10.4. The first-order valence-electron chi connectivity index (χ1n) is 12.8. The van der Waals surface area contributed by atoms with Gasteiger partial charge >= 0.3 is 5.97 Å². The second-order valence-corrected chi connectivity index (χ2v) is 13.5. The second kappa shape index (κ2) is 14.0. The highest BCUT2D eigenvalue weighted by molar-refractivity contribution is 9.15. The Labute approximate surface area is 305 Å². The van der Waals surface area contributed by atoms with Crippen molar-refractivity contribution in [2.24, 2.45) is 0 Å². The number of nitrogens with zero attached hydrogens (tertiary/aromatic N) is 2. The summed E-state index contributed by atoms with van der Waals surface area (Å²) in [7, 11) is 1.48. The van der Waals surface area contributed by atoms with E-state index in [9.17, 15) is 24.0 Å². The van der Waals surface area contributed by atoms with Gasteiger partial charge in [-0.1, -0.05) is 29.3 Å². The third kappa shape index (κ3) is 6.54. The number of benzene rings is 4. The molecule has 1 aliphatic heterocycles. The van der Waals surface area contributed by atoms with Crippen molar-refractivity contribution in [2.75, 3.05) is 13.7 Å². The molecule has 1 aliphatic rings. The van der Waals surface area contributed by atoms with E-state index in [-0.39, 0.29) is 52.6 Å². The number of hydrazine groups is 1. The molecule has 4 aromatic rings. The summed E-state index contributed by atoms with van der Waals surface area (Å²) >= 11 is 25.6. The molecular formula is C31H16Br4Cl2N2O7. The zero-order chi connectivity index (χ0) is 33.4. The fraction of sp³-hybridized carbons (Fsp3) is 0.0645. The number of ketones is 1. The van der Waals surface area contributed by atoms with E-state index in [4.69, 9.17) is 32.7 Å². The molecule has 0 aromatic heterocycles. The third-order valence-corrected chi connectivity index (χ3v) is 12.2. The number of fused-ring (bicyclic) bond motifs is 1. The predicted octanol–water partition coefficient (Wildman–Crippen LogP) is 8.81. The molecule has 0 fully saturated rings. The van der Waals surface area contributed by atoms with Crippen LogP contribution in [0.4, 0.5) is 0 Å². The standard InChI is InChI=1S/C31H16Br4Cl2N2O7/c1-45-18-4-2-3-16(11-18)31(44)46-17-8-5-14(6-9-17)21(40)13-38(28(41)15-7-10-19(36)20(37)12-15)39-29(42)22-23(30(39)43)25(33)27(35)26(34)24(22)32/h2-12H,13H2,1H3. The molecule has 46 heavy (non-hydrogen) atoms. The quantitative estimate of drug-likeness (QED) is 0.0434. The van der Waals surface area contributed by atoms with E-state index in [0.29, 0.717) is 19.7 Å². The second-order valence-electron chi connectivity index (χ2n) is 9.49. The summed E-state index contributed by atoms with van der Waals surface area (Å²) in [5.74, 6) is -3.19. The van der Waals surface area contributed by atoms with E-state index in [1.807, 2.05) is 0 Å². The van der Waals surface area contributed by atoms with Gasteiger partial charge in [0.05, 0.1) is 33.8 Å². The molecule has 0 aliphatic carbocycles. The zero-order valence-corrected chi connectivity index (χ0v) is 30.9. The lowest BCUT2D eigenvalue weighted by Crippen LogP contribution is -2.51. The summed E-state index contributed by atoms with van der Waals surface area (Å²) in [6, 6.07) is 16.0. The number of Topliss-reactive ketones (excluding diaryl/α,β-unsaturated/α-hetero) is 1. The zero-order valence-electron chi connectivity index (χ0n) is 23.1. The molecule has 0 bridgehead atoms. The van der Waals surface area contributed by atoms with Crippen LogP contribution in [0, 0.1) is 0 Å². The molecule has 5 rings (SSSR count). The lowest BCUT2D eigenvalue weighted by atomic mass is 10.1. The van der Waals surface area contributed by atoms with Crippen molar-refractivity contribution >= 4 is 116 Å². The van der Waals surface area contributed by atoms with Crippen molar-refractivity contribution in [1.29, 1.82) is 0 Å². The first-order valence-corrected chi connectivity index (χ1v) is 16.8. The van der Waals surface area contributed by atoms with Crippen LogP contribution in [-0.2, 0) is 0 Å². The molecule has 0 unspecified atom stereocenters. The minimum absolute atomic E-state index is 0.0199. The number of hydrogen-bond acceptors (Lipinski definition) is 7. The van der Waals surface area contributed by atoms with Gasteiger partial charge in [0.25, 0.3) is 17.7 Å². The normalized spacial score (nSPS) is 12.2. The molecule has 0 spiro atoms. The van der Waals surface area contributed by atoms with Crippen LogP contribution >= 0.6 is 86.9 Å². The third-order valence-electron chi connectivity index (χ3n) is 6.71. The highest BCUT2D eigenvalue weighted by Crippen LogP contribution is 2.45. The largest absolute Gasteiger partial charge is 0.497 e. The topological polar surface area (TPSA) is 110 Å². The number of imide groups is 1. The fourth-order valence-electron chi connectivity index (χ4n) is 4.42. The average molecular weight is 919 g/mol. The number of hydrogen-bond donors (Lipinski definition) is 0. The Bertz CT molecular complexity index is 1920. The SMILES string of the molecule is COc1cccc(C(=O)Oc2ccc(C(=O)CN(C(=O)c3ccc(Cl)c(Cl)c3)N3C(=O)c4c(Br)c(Br)c(Br)c(Br)c4C3=O)cc2)c1. The Hall–Kier alpha value is -3.07. The number of esters is 1. The van der Waals surface area contributed by atoms with Gasteiger partial charge in [-0.25, -0.2) is 9.80 Å². The van der Waals surface area contributed by atoms with Crippen LogP contribution in [0.25, 0.3) is 0 Å². The number of ether oxygens (including phenoxy) is 2. The minimum Gasteiger partial charge on any atom is -0.497 e. The van der Waals surface area contributed by atoms with Crippen LogP contribution in [0.1, 0.15) is 51.8 Å². The smallest absolute Gasteiger partial charge is 0.343 e. The van der Waals surface area contributed by atoms with E-state index in [1.165, 1.54) is 55.6 Å². The lowest BCUT2D eigenvalue weighted by Gasteiger charge is -2.29. The maximum absolute atomic E-state index is 13.9. The number of amides is 3. The van der Waals surface area contributed by atoms with Gasteiger partial charge in [-0.3, -0.25) is 19.2 Å². The van der Waals surface area contributed by atoms with Crippen LogP contribution < -0.4 is 9.47 Å². The molecule has 15 heteroatoms. The maximum Gasteiger partial charge on any atom is 0.343 e. The summed E-state index contributed by atoms with van der Waals surface area (Å²) in [6.45, 7) is -0.717. The van der Waals surface area contributed by atoms with Crippen molar-refractivity contribution in [2.45, 2.75) is 0 Å². The molecule has 0 saturated carbocycles. The molecule has 0 atom stereocenters. The Balaban J connectivity index is 1.46.